The number of aliphatic hydroxyl groups excluding tert-OH is 1. The van der Waals surface area contributed by atoms with Crippen LogP contribution < -0.4 is 5.73 Å². The van der Waals surface area contributed by atoms with Gasteiger partial charge in [0.2, 0.25) is 0 Å². The van der Waals surface area contributed by atoms with E-state index in [1.54, 1.807) is 12.1 Å². The zero-order valence-corrected chi connectivity index (χ0v) is 11.8. The number of aromatic hydroxyl groups is 1. The molecular weight excluding hydrogens is 349 g/mol. The summed E-state index contributed by atoms with van der Waals surface area (Å²) in [6, 6.07) is 3.20. The van der Waals surface area contributed by atoms with Crippen molar-refractivity contribution in [3.05, 3.63) is 26.6 Å². The first-order chi connectivity index (χ1) is 6.54. The van der Waals surface area contributed by atoms with Gasteiger partial charge < -0.3 is 15.9 Å². The maximum atomic E-state index is 9.66. The lowest BCUT2D eigenvalue weighted by Crippen LogP contribution is -2.26. The second-order valence-corrected chi connectivity index (χ2v) is 4.81. The summed E-state index contributed by atoms with van der Waals surface area (Å²) < 4.78 is 1.48. The quantitative estimate of drug-likeness (QED) is 0.773. The molecule has 0 saturated carbocycles. The molecule has 1 rings (SSSR count). The summed E-state index contributed by atoms with van der Waals surface area (Å²) >= 11 is 6.54. The Hall–Kier alpha value is 0.190. The first kappa shape index (κ1) is 15.2. The molecule has 1 atom stereocenters. The highest BCUT2D eigenvalue weighted by atomic mass is 79.9. The summed E-state index contributed by atoms with van der Waals surface area (Å²) in [6.45, 7) is -0.0937. The summed E-state index contributed by atoms with van der Waals surface area (Å²) in [5.41, 5.74) is 6.30. The van der Waals surface area contributed by atoms with E-state index in [4.69, 9.17) is 10.8 Å². The lowest BCUT2D eigenvalue weighted by molar-refractivity contribution is 0.264. The second-order valence-electron chi connectivity index (χ2n) is 3.04. The number of phenolic OH excluding ortho intramolecular Hbond substituents is 1. The number of benzene rings is 1. The predicted molar refractivity (Wildman–Crippen MR) is 69.5 cm³/mol. The molecule has 6 heteroatoms. The molecule has 0 heterocycles. The smallest absolute Gasteiger partial charge is 0.133 e. The number of hydrogen-bond acceptors (Lipinski definition) is 3. The molecule has 0 fully saturated rings. The molecule has 0 spiro atoms. The summed E-state index contributed by atoms with van der Waals surface area (Å²) in [5.74, 6) is 0.178. The van der Waals surface area contributed by atoms with E-state index in [2.05, 4.69) is 31.9 Å². The van der Waals surface area contributed by atoms with Gasteiger partial charge in [0.05, 0.1) is 11.1 Å². The zero-order valence-electron chi connectivity index (χ0n) is 7.78. The van der Waals surface area contributed by atoms with Crippen molar-refractivity contribution in [1.82, 2.24) is 0 Å². The van der Waals surface area contributed by atoms with Crippen molar-refractivity contribution in [1.29, 1.82) is 0 Å². The zero-order chi connectivity index (χ0) is 10.7. The average Bonchev–Trinajstić information content (AvgIpc) is 2.13. The van der Waals surface area contributed by atoms with E-state index in [-0.39, 0.29) is 30.8 Å². The van der Waals surface area contributed by atoms with Crippen LogP contribution in [0.2, 0.25) is 0 Å². The highest BCUT2D eigenvalue weighted by Gasteiger charge is 2.10. The first-order valence-corrected chi connectivity index (χ1v) is 5.66. The lowest BCUT2D eigenvalue weighted by atomic mass is 10.1. The predicted octanol–water partition coefficient (Wildman–Crippen LogP) is 2.20. The molecule has 0 amide bonds. The molecule has 0 aliphatic heterocycles. The van der Waals surface area contributed by atoms with E-state index in [0.29, 0.717) is 16.5 Å². The van der Waals surface area contributed by atoms with Gasteiger partial charge >= 0.3 is 0 Å². The molecule has 0 aliphatic carbocycles. The number of nitrogens with two attached hydrogens (primary N) is 1. The van der Waals surface area contributed by atoms with Crippen LogP contribution in [0.4, 0.5) is 0 Å². The minimum absolute atomic E-state index is 0. The van der Waals surface area contributed by atoms with Crippen LogP contribution in [0.15, 0.2) is 21.1 Å². The number of halogens is 3. The molecule has 3 nitrogen and oxygen atoms in total. The van der Waals surface area contributed by atoms with Crippen LogP contribution >= 0.6 is 44.3 Å². The van der Waals surface area contributed by atoms with Gasteiger partial charge in [0.1, 0.15) is 5.75 Å². The van der Waals surface area contributed by atoms with Crippen molar-refractivity contribution in [3.63, 3.8) is 0 Å². The highest BCUT2D eigenvalue weighted by Crippen LogP contribution is 2.32. The Labute approximate surface area is 111 Å². The van der Waals surface area contributed by atoms with Gasteiger partial charge in [0.15, 0.2) is 0 Å². The van der Waals surface area contributed by atoms with Crippen LogP contribution in [0.3, 0.4) is 0 Å². The van der Waals surface area contributed by atoms with Crippen molar-refractivity contribution in [2.75, 3.05) is 6.61 Å². The van der Waals surface area contributed by atoms with Gasteiger partial charge in [-0.2, -0.15) is 0 Å². The van der Waals surface area contributed by atoms with Crippen LogP contribution in [0.5, 0.6) is 5.75 Å². The number of aliphatic hydroxyl groups is 1. The van der Waals surface area contributed by atoms with Gasteiger partial charge in [-0.1, -0.05) is 15.9 Å². The van der Waals surface area contributed by atoms with Crippen molar-refractivity contribution < 1.29 is 10.2 Å². The largest absolute Gasteiger partial charge is 0.506 e. The molecular formula is C9H12Br2ClNO2. The van der Waals surface area contributed by atoms with Crippen molar-refractivity contribution in [2.24, 2.45) is 5.73 Å². The second kappa shape index (κ2) is 6.70. The topological polar surface area (TPSA) is 66.5 Å². The van der Waals surface area contributed by atoms with E-state index >= 15 is 0 Å². The van der Waals surface area contributed by atoms with Gasteiger partial charge in [0, 0.05) is 10.5 Å². The fourth-order valence-corrected chi connectivity index (χ4v) is 2.44. The number of phenols is 1. The Morgan fingerprint density at radius 2 is 1.93 bits per heavy atom. The molecule has 4 N–H and O–H groups in total. The van der Waals surface area contributed by atoms with Gasteiger partial charge in [-0.3, -0.25) is 0 Å². The third-order valence-corrected chi connectivity index (χ3v) is 2.89. The maximum Gasteiger partial charge on any atom is 0.133 e. The minimum atomic E-state index is -0.345. The molecule has 15 heavy (non-hydrogen) atoms. The highest BCUT2D eigenvalue weighted by molar-refractivity contribution is 9.11. The summed E-state index contributed by atoms with van der Waals surface area (Å²) in [4.78, 5) is 0. The normalized spacial score (nSPS) is 12.0. The van der Waals surface area contributed by atoms with Gasteiger partial charge in [-0.25, -0.2) is 0 Å². The number of rotatable bonds is 3. The monoisotopic (exact) mass is 359 g/mol. The Morgan fingerprint density at radius 1 is 1.33 bits per heavy atom. The van der Waals surface area contributed by atoms with Crippen LogP contribution in [0.25, 0.3) is 0 Å². The standard InChI is InChI=1S/C9H11Br2NO2.ClH/c10-6-1-5(2-7(12)4-13)9(14)8(11)3-6;/h1,3,7,13-14H,2,4,12H2;1H. The molecule has 1 unspecified atom stereocenters. The fourth-order valence-electron chi connectivity index (χ4n) is 1.12. The Bertz CT molecular complexity index is 336. The van der Waals surface area contributed by atoms with Crippen LogP contribution in [-0.2, 0) is 6.42 Å². The molecule has 0 aromatic heterocycles. The van der Waals surface area contributed by atoms with E-state index in [9.17, 15) is 5.11 Å². The van der Waals surface area contributed by atoms with Crippen LogP contribution in [0.1, 0.15) is 5.56 Å². The SMILES string of the molecule is Cl.NC(CO)Cc1cc(Br)cc(Br)c1O. The van der Waals surface area contributed by atoms with E-state index in [0.717, 1.165) is 4.47 Å². The third kappa shape index (κ3) is 4.28. The van der Waals surface area contributed by atoms with Crippen LogP contribution in [0, 0.1) is 0 Å². The van der Waals surface area contributed by atoms with Crippen molar-refractivity contribution in [3.8, 4) is 5.75 Å². The number of hydrogen-bond donors (Lipinski definition) is 3. The molecule has 0 bridgehead atoms. The minimum Gasteiger partial charge on any atom is -0.506 e. The van der Waals surface area contributed by atoms with Crippen LogP contribution in [-0.4, -0.2) is 22.9 Å². The van der Waals surface area contributed by atoms with Gasteiger partial charge in [-0.05, 0) is 40.0 Å². The van der Waals surface area contributed by atoms with Gasteiger partial charge in [0.25, 0.3) is 0 Å². The maximum absolute atomic E-state index is 9.66. The van der Waals surface area contributed by atoms with E-state index in [1.165, 1.54) is 0 Å². The Kier molecular flexibility index (Phi) is 6.79. The fraction of sp³-hybridized carbons (Fsp3) is 0.333. The average molecular weight is 361 g/mol. The van der Waals surface area contributed by atoms with Gasteiger partial charge in [-0.15, -0.1) is 12.4 Å². The first-order valence-electron chi connectivity index (χ1n) is 4.08. The third-order valence-electron chi connectivity index (χ3n) is 1.82. The summed E-state index contributed by atoms with van der Waals surface area (Å²) in [6.07, 6.45) is 0.445. The molecule has 1 aromatic rings. The molecule has 0 radical (unpaired) electrons. The summed E-state index contributed by atoms with van der Waals surface area (Å²) in [5, 5.41) is 18.5. The lowest BCUT2D eigenvalue weighted by Gasteiger charge is -2.11. The molecule has 0 saturated heterocycles. The molecule has 86 valence electrons. The van der Waals surface area contributed by atoms with Crippen molar-refractivity contribution in [2.45, 2.75) is 12.5 Å². The van der Waals surface area contributed by atoms with Crippen molar-refractivity contribution >= 4 is 44.3 Å². The van der Waals surface area contributed by atoms with E-state index in [1.807, 2.05) is 0 Å². The van der Waals surface area contributed by atoms with E-state index < -0.39 is 0 Å². The summed E-state index contributed by atoms with van der Waals surface area (Å²) in [7, 11) is 0. The molecule has 0 aliphatic rings. The Balaban J connectivity index is 0.00000196. The Morgan fingerprint density at radius 3 is 2.47 bits per heavy atom. The molecule has 1 aromatic carbocycles.